The van der Waals surface area contributed by atoms with Gasteiger partial charge in [0.25, 0.3) is 0 Å². The Kier molecular flexibility index (Phi) is 5.17. The molecule has 0 aliphatic carbocycles. The van der Waals surface area contributed by atoms with E-state index >= 15 is 0 Å². The largest absolute Gasteiger partial charge is 0.471 e. The molecule has 0 bridgehead atoms. The number of alkyl halides is 3. The number of hydrogen-bond donors (Lipinski definition) is 0. The summed E-state index contributed by atoms with van der Waals surface area (Å²) in [5, 5.41) is 0. The van der Waals surface area contributed by atoms with Crippen molar-refractivity contribution in [3.05, 3.63) is 30.1 Å². The molecule has 0 aliphatic rings. The highest BCUT2D eigenvalue weighted by atomic mass is 19.4. The van der Waals surface area contributed by atoms with E-state index in [1.54, 1.807) is 53.7 Å². The Morgan fingerprint density at radius 2 is 1.19 bits per heavy atom. The van der Waals surface area contributed by atoms with E-state index in [4.69, 9.17) is 9.47 Å². The highest BCUT2D eigenvalue weighted by molar-refractivity contribution is 5.57. The first-order valence-corrected chi connectivity index (χ1v) is 8.04. The lowest BCUT2D eigenvalue weighted by Gasteiger charge is -2.27. The predicted octanol–water partition coefficient (Wildman–Crippen LogP) is 4.91. The molecule has 0 fully saturated rings. The van der Waals surface area contributed by atoms with Gasteiger partial charge in [-0.15, -0.1) is 0 Å². The second kappa shape index (κ2) is 6.74. The quantitative estimate of drug-likeness (QED) is 0.769. The molecular weight excluding hydrogens is 347 g/mol. The maximum absolute atomic E-state index is 13.7. The summed E-state index contributed by atoms with van der Waals surface area (Å²) in [6, 6.07) is 3.20. The van der Waals surface area contributed by atoms with Crippen LogP contribution in [0, 0.1) is 0 Å². The topological polar surface area (TPSA) is 57.1 Å². The molecule has 0 aromatic carbocycles. The van der Waals surface area contributed by atoms with Crippen molar-refractivity contribution in [2.24, 2.45) is 0 Å². The second-order valence-corrected chi connectivity index (χ2v) is 7.70. The van der Waals surface area contributed by atoms with Gasteiger partial charge in [0.1, 0.15) is 11.2 Å². The van der Waals surface area contributed by atoms with E-state index in [-0.39, 0.29) is 5.82 Å². The Bertz CT molecular complexity index is 727. The van der Waals surface area contributed by atoms with Crippen LogP contribution in [0.2, 0.25) is 0 Å². The molecule has 2 rings (SSSR count). The minimum absolute atomic E-state index is 0.0684. The Balaban J connectivity index is 2.75. The maximum atomic E-state index is 13.7. The van der Waals surface area contributed by atoms with E-state index in [0.717, 1.165) is 0 Å². The predicted molar refractivity (Wildman–Crippen MR) is 91.0 cm³/mol. The van der Waals surface area contributed by atoms with Crippen LogP contribution < -0.4 is 9.47 Å². The average molecular weight is 369 g/mol. The molecule has 2 heterocycles. The lowest BCUT2D eigenvalue weighted by Crippen LogP contribution is -2.29. The molecule has 0 spiro atoms. The van der Waals surface area contributed by atoms with Gasteiger partial charge in [0.05, 0.1) is 0 Å². The van der Waals surface area contributed by atoms with Crippen LogP contribution in [0.5, 0.6) is 11.8 Å². The third-order valence-electron chi connectivity index (χ3n) is 2.87. The van der Waals surface area contributed by atoms with E-state index in [1.807, 2.05) is 0 Å². The van der Waals surface area contributed by atoms with Crippen LogP contribution in [0.3, 0.4) is 0 Å². The van der Waals surface area contributed by atoms with Crippen molar-refractivity contribution in [1.29, 1.82) is 0 Å². The summed E-state index contributed by atoms with van der Waals surface area (Å²) in [5.41, 5.74) is -2.39. The van der Waals surface area contributed by atoms with E-state index in [0.29, 0.717) is 5.56 Å². The SMILES string of the molecule is CC(C)(C)Oc1nc(-c2ccncc2)nc(OC(C)(C)C)c1C(F)(F)F. The molecule has 8 heteroatoms. The van der Waals surface area contributed by atoms with Crippen molar-refractivity contribution in [3.63, 3.8) is 0 Å². The van der Waals surface area contributed by atoms with Crippen molar-refractivity contribution < 1.29 is 22.6 Å². The van der Waals surface area contributed by atoms with Gasteiger partial charge < -0.3 is 9.47 Å². The van der Waals surface area contributed by atoms with Crippen molar-refractivity contribution in [3.8, 4) is 23.1 Å². The molecule has 0 saturated carbocycles. The summed E-state index contributed by atoms with van der Waals surface area (Å²) in [5.74, 6) is -1.06. The molecule has 0 atom stereocenters. The van der Waals surface area contributed by atoms with Gasteiger partial charge in [0, 0.05) is 18.0 Å². The molecular formula is C18H22F3N3O2. The van der Waals surface area contributed by atoms with E-state index in [9.17, 15) is 13.2 Å². The molecule has 0 radical (unpaired) electrons. The fraction of sp³-hybridized carbons (Fsp3) is 0.500. The summed E-state index contributed by atoms with van der Waals surface area (Å²) >= 11 is 0. The zero-order valence-electron chi connectivity index (χ0n) is 15.6. The molecule has 26 heavy (non-hydrogen) atoms. The third-order valence-corrected chi connectivity index (χ3v) is 2.87. The second-order valence-electron chi connectivity index (χ2n) is 7.70. The van der Waals surface area contributed by atoms with Crippen LogP contribution in [0.25, 0.3) is 11.4 Å². The smallest absolute Gasteiger partial charge is 0.426 e. The standard InChI is InChI=1S/C18H22F3N3O2/c1-16(2,3)25-14-12(18(19,20)21)15(26-17(4,5)6)24-13(23-14)11-7-9-22-10-8-11/h7-10H,1-6H3. The van der Waals surface area contributed by atoms with E-state index < -0.39 is 34.7 Å². The molecule has 2 aromatic rings. The van der Waals surface area contributed by atoms with Gasteiger partial charge in [-0.3, -0.25) is 4.98 Å². The van der Waals surface area contributed by atoms with Gasteiger partial charge in [0.2, 0.25) is 11.8 Å². The van der Waals surface area contributed by atoms with Crippen LogP contribution in [0.4, 0.5) is 13.2 Å². The van der Waals surface area contributed by atoms with Crippen LogP contribution in [0.1, 0.15) is 47.1 Å². The van der Waals surface area contributed by atoms with Gasteiger partial charge in [-0.2, -0.15) is 23.1 Å². The zero-order valence-corrected chi connectivity index (χ0v) is 15.6. The van der Waals surface area contributed by atoms with Crippen molar-refractivity contribution in [2.45, 2.75) is 58.9 Å². The van der Waals surface area contributed by atoms with Crippen molar-refractivity contribution in [1.82, 2.24) is 15.0 Å². The minimum atomic E-state index is -4.74. The van der Waals surface area contributed by atoms with Gasteiger partial charge in [-0.05, 0) is 53.7 Å². The van der Waals surface area contributed by atoms with Gasteiger partial charge in [0.15, 0.2) is 11.4 Å². The molecule has 0 unspecified atom stereocenters. The van der Waals surface area contributed by atoms with Crippen molar-refractivity contribution >= 4 is 0 Å². The lowest BCUT2D eigenvalue weighted by molar-refractivity contribution is -0.142. The van der Waals surface area contributed by atoms with Gasteiger partial charge in [-0.25, -0.2) is 0 Å². The van der Waals surface area contributed by atoms with Crippen LogP contribution >= 0.6 is 0 Å². The van der Waals surface area contributed by atoms with Crippen LogP contribution in [0.15, 0.2) is 24.5 Å². The zero-order chi connectivity index (χ0) is 19.8. The third kappa shape index (κ3) is 5.31. The monoisotopic (exact) mass is 369 g/mol. The fourth-order valence-electron chi connectivity index (χ4n) is 2.02. The highest BCUT2D eigenvalue weighted by Crippen LogP contribution is 2.43. The normalized spacial score (nSPS) is 12.8. The maximum Gasteiger partial charge on any atom is 0.426 e. The first kappa shape index (κ1) is 19.9. The highest BCUT2D eigenvalue weighted by Gasteiger charge is 2.43. The van der Waals surface area contributed by atoms with Gasteiger partial charge in [-0.1, -0.05) is 0 Å². The molecule has 0 amide bonds. The summed E-state index contributed by atoms with van der Waals surface area (Å²) < 4.78 is 52.3. The molecule has 0 aliphatic heterocycles. The summed E-state index contributed by atoms with van der Waals surface area (Å²) in [7, 11) is 0. The fourth-order valence-corrected chi connectivity index (χ4v) is 2.02. The number of rotatable bonds is 3. The summed E-state index contributed by atoms with van der Waals surface area (Å²) in [6.07, 6.45) is -1.73. The van der Waals surface area contributed by atoms with E-state index in [2.05, 4.69) is 15.0 Å². The minimum Gasteiger partial charge on any atom is -0.471 e. The first-order valence-electron chi connectivity index (χ1n) is 8.04. The Hall–Kier alpha value is -2.38. The molecule has 142 valence electrons. The van der Waals surface area contributed by atoms with Crippen LogP contribution in [-0.2, 0) is 6.18 Å². The number of pyridine rings is 1. The van der Waals surface area contributed by atoms with Gasteiger partial charge >= 0.3 is 6.18 Å². The number of aromatic nitrogens is 3. The number of hydrogen-bond acceptors (Lipinski definition) is 5. The lowest BCUT2D eigenvalue weighted by atomic mass is 10.1. The number of ether oxygens (including phenoxy) is 2. The number of nitrogens with zero attached hydrogens (tertiary/aromatic N) is 3. The number of halogens is 3. The molecule has 2 aromatic heterocycles. The Morgan fingerprint density at radius 3 is 1.54 bits per heavy atom. The Labute approximate surface area is 150 Å². The molecule has 5 nitrogen and oxygen atoms in total. The Morgan fingerprint density at radius 1 is 0.769 bits per heavy atom. The van der Waals surface area contributed by atoms with Crippen LogP contribution in [-0.4, -0.2) is 26.2 Å². The summed E-state index contributed by atoms with van der Waals surface area (Å²) in [4.78, 5) is 11.9. The molecule has 0 saturated heterocycles. The van der Waals surface area contributed by atoms with E-state index in [1.165, 1.54) is 12.4 Å². The van der Waals surface area contributed by atoms with Crippen molar-refractivity contribution in [2.75, 3.05) is 0 Å². The summed E-state index contributed by atoms with van der Waals surface area (Å²) in [6.45, 7) is 9.87. The average Bonchev–Trinajstić information content (AvgIpc) is 2.42. The molecule has 0 N–H and O–H groups in total. The first-order chi connectivity index (χ1) is 11.8.